The molecule has 1 aromatic carbocycles. The maximum atomic E-state index is 13.1. The number of likely N-dealkylation sites (tertiary alicyclic amines) is 1. The molecule has 0 N–H and O–H groups in total. The number of nitrogens with zero attached hydrogens (tertiary/aromatic N) is 2. The lowest BCUT2D eigenvalue weighted by Crippen LogP contribution is -2.35. The normalized spacial score (nSPS) is 17.3. The number of hydrogen-bond donors (Lipinski definition) is 0. The van der Waals surface area contributed by atoms with Crippen molar-refractivity contribution in [1.29, 1.82) is 0 Å². The van der Waals surface area contributed by atoms with Crippen LogP contribution in [0.3, 0.4) is 0 Å². The second-order valence-corrected chi connectivity index (χ2v) is 7.36. The molecule has 0 spiro atoms. The van der Waals surface area contributed by atoms with Crippen molar-refractivity contribution < 1.29 is 9.21 Å². The third-order valence-electron chi connectivity index (χ3n) is 5.47. The van der Waals surface area contributed by atoms with E-state index >= 15 is 0 Å². The lowest BCUT2D eigenvalue weighted by Gasteiger charge is -2.30. The molecular weight excluding hydrogens is 348 g/mol. The summed E-state index contributed by atoms with van der Waals surface area (Å²) >= 11 is 0. The van der Waals surface area contributed by atoms with Crippen LogP contribution in [0, 0.1) is 0 Å². The maximum Gasteiger partial charge on any atom is 0.223 e. The predicted molar refractivity (Wildman–Crippen MR) is 110 cm³/mol. The average molecular weight is 374 g/mol. The fourth-order valence-electron chi connectivity index (χ4n) is 3.98. The Labute approximate surface area is 166 Å². The van der Waals surface area contributed by atoms with E-state index in [1.54, 1.807) is 0 Å². The Bertz CT molecular complexity index is 889. The van der Waals surface area contributed by atoms with Crippen LogP contribution in [0.2, 0.25) is 0 Å². The van der Waals surface area contributed by atoms with Gasteiger partial charge in [0.15, 0.2) is 0 Å². The highest BCUT2D eigenvalue weighted by molar-refractivity contribution is 5.77. The van der Waals surface area contributed by atoms with Crippen molar-refractivity contribution >= 4 is 5.91 Å². The van der Waals surface area contributed by atoms with E-state index < -0.39 is 0 Å². The monoisotopic (exact) mass is 374 g/mol. The third kappa shape index (κ3) is 4.33. The van der Waals surface area contributed by atoms with Crippen LogP contribution in [0.5, 0.6) is 0 Å². The van der Waals surface area contributed by atoms with Gasteiger partial charge in [0.2, 0.25) is 5.91 Å². The Balaban J connectivity index is 1.43. The van der Waals surface area contributed by atoms with Crippen molar-refractivity contribution in [3.05, 3.63) is 78.3 Å². The van der Waals surface area contributed by atoms with E-state index in [1.807, 2.05) is 67.0 Å². The Morgan fingerprint density at radius 1 is 1.00 bits per heavy atom. The molecule has 4 heteroatoms. The van der Waals surface area contributed by atoms with Gasteiger partial charge >= 0.3 is 0 Å². The SMILES string of the molecule is O=C(CCc1ccc(-c2ccccc2)o1)N1CCCCCC1c1ccncc1. The van der Waals surface area contributed by atoms with Crippen LogP contribution in [0.15, 0.2) is 71.4 Å². The summed E-state index contributed by atoms with van der Waals surface area (Å²) in [6, 6.07) is 18.3. The summed E-state index contributed by atoms with van der Waals surface area (Å²) in [5.41, 5.74) is 2.25. The summed E-state index contributed by atoms with van der Waals surface area (Å²) in [6.07, 6.45) is 9.18. The van der Waals surface area contributed by atoms with Gasteiger partial charge in [0, 0.05) is 37.3 Å². The number of aryl methyl sites for hydroxylation is 1. The average Bonchev–Trinajstić information content (AvgIpc) is 3.09. The molecule has 2 aromatic heterocycles. The number of aromatic nitrogens is 1. The smallest absolute Gasteiger partial charge is 0.223 e. The first-order valence-corrected chi connectivity index (χ1v) is 10.1. The topological polar surface area (TPSA) is 46.3 Å². The number of amides is 1. The van der Waals surface area contributed by atoms with E-state index in [1.165, 1.54) is 12.0 Å². The van der Waals surface area contributed by atoms with Gasteiger partial charge in [-0.25, -0.2) is 0 Å². The van der Waals surface area contributed by atoms with Crippen LogP contribution in [0.4, 0.5) is 0 Å². The molecule has 0 saturated carbocycles. The molecule has 1 fully saturated rings. The van der Waals surface area contributed by atoms with Crippen molar-refractivity contribution in [2.45, 2.75) is 44.6 Å². The van der Waals surface area contributed by atoms with E-state index in [2.05, 4.69) is 9.88 Å². The van der Waals surface area contributed by atoms with Crippen LogP contribution < -0.4 is 0 Å². The van der Waals surface area contributed by atoms with Crippen LogP contribution in [0.25, 0.3) is 11.3 Å². The Morgan fingerprint density at radius 3 is 2.64 bits per heavy atom. The van der Waals surface area contributed by atoms with Crippen molar-refractivity contribution in [2.24, 2.45) is 0 Å². The summed E-state index contributed by atoms with van der Waals surface area (Å²) in [7, 11) is 0. The molecule has 1 saturated heterocycles. The van der Waals surface area contributed by atoms with Gasteiger partial charge < -0.3 is 9.32 Å². The van der Waals surface area contributed by atoms with Gasteiger partial charge in [-0.15, -0.1) is 0 Å². The van der Waals surface area contributed by atoms with E-state index in [9.17, 15) is 4.79 Å². The summed E-state index contributed by atoms with van der Waals surface area (Å²) in [5.74, 6) is 1.93. The summed E-state index contributed by atoms with van der Waals surface area (Å²) in [4.78, 5) is 19.2. The van der Waals surface area contributed by atoms with Crippen molar-refractivity contribution in [1.82, 2.24) is 9.88 Å². The zero-order valence-corrected chi connectivity index (χ0v) is 16.1. The molecule has 28 heavy (non-hydrogen) atoms. The molecular formula is C24H26N2O2. The molecule has 3 heterocycles. The maximum absolute atomic E-state index is 13.1. The van der Waals surface area contributed by atoms with Gasteiger partial charge in [0.05, 0.1) is 6.04 Å². The van der Waals surface area contributed by atoms with Gasteiger partial charge in [-0.2, -0.15) is 0 Å². The molecule has 1 amide bonds. The minimum Gasteiger partial charge on any atom is -0.461 e. The van der Waals surface area contributed by atoms with E-state index in [0.29, 0.717) is 12.8 Å². The van der Waals surface area contributed by atoms with Crippen LogP contribution >= 0.6 is 0 Å². The first-order chi connectivity index (χ1) is 13.8. The van der Waals surface area contributed by atoms with Gasteiger partial charge in [0.25, 0.3) is 0 Å². The molecule has 1 aliphatic heterocycles. The molecule has 3 aromatic rings. The number of rotatable bonds is 5. The van der Waals surface area contributed by atoms with Crippen molar-refractivity contribution in [3.63, 3.8) is 0 Å². The highest BCUT2D eigenvalue weighted by atomic mass is 16.3. The summed E-state index contributed by atoms with van der Waals surface area (Å²) < 4.78 is 5.96. The first-order valence-electron chi connectivity index (χ1n) is 10.1. The molecule has 0 radical (unpaired) electrons. The standard InChI is InChI=1S/C24H26N2O2/c27-24(13-11-21-10-12-23(28-21)20-7-3-1-4-8-20)26-18-6-2-5-9-22(26)19-14-16-25-17-15-19/h1,3-4,7-8,10,12,14-17,22H,2,5-6,9,11,13,18H2. The highest BCUT2D eigenvalue weighted by Crippen LogP contribution is 2.31. The summed E-state index contributed by atoms with van der Waals surface area (Å²) in [6.45, 7) is 0.833. The Kier molecular flexibility index (Phi) is 5.86. The van der Waals surface area contributed by atoms with Crippen LogP contribution in [-0.4, -0.2) is 22.3 Å². The Hall–Kier alpha value is -2.88. The molecule has 1 unspecified atom stereocenters. The number of pyridine rings is 1. The number of carbonyl (C=O) groups excluding carboxylic acids is 1. The zero-order chi connectivity index (χ0) is 19.2. The zero-order valence-electron chi connectivity index (χ0n) is 16.1. The number of hydrogen-bond acceptors (Lipinski definition) is 3. The molecule has 0 aliphatic carbocycles. The van der Waals surface area contributed by atoms with E-state index in [0.717, 1.165) is 42.9 Å². The Morgan fingerprint density at radius 2 is 1.82 bits per heavy atom. The van der Waals surface area contributed by atoms with Crippen molar-refractivity contribution in [3.8, 4) is 11.3 Å². The fourth-order valence-corrected chi connectivity index (χ4v) is 3.98. The third-order valence-corrected chi connectivity index (χ3v) is 5.47. The number of benzene rings is 1. The fraction of sp³-hybridized carbons (Fsp3) is 0.333. The highest BCUT2D eigenvalue weighted by Gasteiger charge is 2.26. The number of carbonyl (C=O) groups is 1. The molecule has 4 nitrogen and oxygen atoms in total. The van der Waals surface area contributed by atoms with Crippen LogP contribution in [-0.2, 0) is 11.2 Å². The van der Waals surface area contributed by atoms with Gasteiger partial charge in [0.1, 0.15) is 11.5 Å². The van der Waals surface area contributed by atoms with Gasteiger partial charge in [-0.05, 0) is 42.7 Å². The lowest BCUT2D eigenvalue weighted by molar-refractivity contribution is -0.133. The predicted octanol–water partition coefficient (Wildman–Crippen LogP) is 5.42. The molecule has 0 bridgehead atoms. The molecule has 1 atom stereocenters. The van der Waals surface area contributed by atoms with E-state index in [4.69, 9.17) is 4.42 Å². The first kappa shape index (κ1) is 18.5. The minimum atomic E-state index is 0.162. The van der Waals surface area contributed by atoms with Crippen LogP contribution in [0.1, 0.15) is 49.5 Å². The molecule has 144 valence electrons. The lowest BCUT2D eigenvalue weighted by atomic mass is 10.0. The molecule has 4 rings (SSSR count). The van der Waals surface area contributed by atoms with Crippen molar-refractivity contribution in [2.75, 3.05) is 6.54 Å². The molecule has 1 aliphatic rings. The van der Waals surface area contributed by atoms with E-state index in [-0.39, 0.29) is 11.9 Å². The summed E-state index contributed by atoms with van der Waals surface area (Å²) in [5, 5.41) is 0. The largest absolute Gasteiger partial charge is 0.461 e. The quantitative estimate of drug-likeness (QED) is 0.599. The minimum absolute atomic E-state index is 0.162. The van der Waals surface area contributed by atoms with Gasteiger partial charge in [-0.3, -0.25) is 9.78 Å². The second kappa shape index (κ2) is 8.87. The number of furan rings is 1. The van der Waals surface area contributed by atoms with Gasteiger partial charge in [-0.1, -0.05) is 43.2 Å². The second-order valence-electron chi connectivity index (χ2n) is 7.36.